The molecule has 30 heavy (non-hydrogen) atoms. The topological polar surface area (TPSA) is 62.1 Å². The van der Waals surface area contributed by atoms with E-state index in [4.69, 9.17) is 16.6 Å². The van der Waals surface area contributed by atoms with Crippen molar-refractivity contribution >= 4 is 18.1 Å². The number of carbonyl (C=O) groups is 1. The largest absolute Gasteiger partial charge is 0.409 e. The Bertz CT molecular complexity index is 1150. The summed E-state index contributed by atoms with van der Waals surface area (Å²) in [6, 6.07) is 8.74. The molecule has 156 valence electrons. The highest BCUT2D eigenvalue weighted by Crippen LogP contribution is 2.43. The predicted molar refractivity (Wildman–Crippen MR) is 106 cm³/mol. The Kier molecular flexibility index (Phi) is 5.01. The highest BCUT2D eigenvalue weighted by molar-refractivity contribution is 7.71. The first-order valence-electron chi connectivity index (χ1n) is 9.31. The van der Waals surface area contributed by atoms with Crippen LogP contribution in [0.4, 0.5) is 13.2 Å². The average Bonchev–Trinajstić information content (AvgIpc) is 3.27. The molecule has 5 nitrogen and oxygen atoms in total. The molecule has 2 heterocycles. The lowest BCUT2D eigenvalue weighted by molar-refractivity contribution is 0.0635. The smallest absolute Gasteiger partial charge is 0.284 e. The van der Waals surface area contributed by atoms with Gasteiger partial charge in [0.15, 0.2) is 17.5 Å². The Balaban J connectivity index is 1.58. The number of amides is 1. The lowest BCUT2D eigenvalue weighted by Gasteiger charge is -2.36. The van der Waals surface area contributed by atoms with E-state index in [2.05, 4.69) is 10.2 Å². The summed E-state index contributed by atoms with van der Waals surface area (Å²) in [5.41, 5.74) is 0.732. The number of hydrogen-bond acceptors (Lipinski definition) is 4. The normalized spacial score (nSPS) is 18.0. The Morgan fingerprint density at radius 1 is 1.20 bits per heavy atom. The van der Waals surface area contributed by atoms with E-state index in [0.29, 0.717) is 35.5 Å². The molecule has 0 bridgehead atoms. The third-order valence-corrected chi connectivity index (χ3v) is 5.84. The van der Waals surface area contributed by atoms with Crippen molar-refractivity contribution in [2.45, 2.75) is 31.7 Å². The van der Waals surface area contributed by atoms with Gasteiger partial charge in [0, 0.05) is 29.1 Å². The van der Waals surface area contributed by atoms with Crippen molar-refractivity contribution in [2.24, 2.45) is 0 Å². The Morgan fingerprint density at radius 2 is 1.83 bits per heavy atom. The molecular formula is C21H18F3N3O2S. The molecule has 1 atom stereocenters. The van der Waals surface area contributed by atoms with E-state index in [0.717, 1.165) is 12.1 Å². The molecule has 1 unspecified atom stereocenters. The van der Waals surface area contributed by atoms with Crippen molar-refractivity contribution in [1.82, 2.24) is 15.1 Å². The van der Waals surface area contributed by atoms with Gasteiger partial charge in [-0.2, -0.15) is 0 Å². The third kappa shape index (κ3) is 3.43. The zero-order chi connectivity index (χ0) is 21.6. The zero-order valence-corrected chi connectivity index (χ0v) is 17.0. The van der Waals surface area contributed by atoms with Crippen molar-refractivity contribution in [3.63, 3.8) is 0 Å². The molecule has 4 rings (SSSR count). The first-order valence-corrected chi connectivity index (χ1v) is 9.71. The predicted octanol–water partition coefficient (Wildman–Crippen LogP) is 5.22. The number of hydrogen-bond donors (Lipinski definition) is 1. The van der Waals surface area contributed by atoms with Gasteiger partial charge in [-0.15, -0.1) is 5.10 Å². The molecule has 0 aliphatic carbocycles. The molecule has 1 N–H and O–H groups in total. The van der Waals surface area contributed by atoms with Crippen LogP contribution in [0.2, 0.25) is 0 Å². The van der Waals surface area contributed by atoms with Gasteiger partial charge in [0.05, 0.1) is 0 Å². The van der Waals surface area contributed by atoms with E-state index < -0.39 is 23.0 Å². The molecule has 1 aliphatic heterocycles. The Morgan fingerprint density at radius 3 is 2.40 bits per heavy atom. The SMILES string of the molecule is CC1(C)C(c2cc(F)c(F)c(F)c2)CCN1C(=O)c1ccc(-c2n[nH]c(=S)o2)cc1. The maximum absolute atomic E-state index is 13.7. The maximum atomic E-state index is 13.7. The Hall–Kier alpha value is -2.94. The highest BCUT2D eigenvalue weighted by Gasteiger charge is 2.45. The molecule has 3 aromatic rings. The minimum Gasteiger partial charge on any atom is -0.409 e. The quantitative estimate of drug-likeness (QED) is 0.454. The molecule has 1 aliphatic rings. The summed E-state index contributed by atoms with van der Waals surface area (Å²) < 4.78 is 46.1. The number of carbonyl (C=O) groups excluding carboxylic acids is 1. The van der Waals surface area contributed by atoms with E-state index in [1.807, 2.05) is 13.8 Å². The van der Waals surface area contributed by atoms with Crippen LogP contribution >= 0.6 is 12.2 Å². The van der Waals surface area contributed by atoms with Gasteiger partial charge >= 0.3 is 0 Å². The number of benzene rings is 2. The summed E-state index contributed by atoms with van der Waals surface area (Å²) in [6.07, 6.45) is 0.509. The molecule has 9 heteroatoms. The molecule has 0 saturated carbocycles. The summed E-state index contributed by atoms with van der Waals surface area (Å²) in [5.74, 6) is -4.17. The molecule has 1 amide bonds. The summed E-state index contributed by atoms with van der Waals surface area (Å²) in [7, 11) is 0. The minimum absolute atomic E-state index is 0.156. The van der Waals surface area contributed by atoms with Crippen LogP contribution in [0.25, 0.3) is 11.5 Å². The Labute approximate surface area is 175 Å². The maximum Gasteiger partial charge on any atom is 0.284 e. The number of H-pyrrole nitrogens is 1. The first kappa shape index (κ1) is 20.3. The van der Waals surface area contributed by atoms with Crippen molar-refractivity contribution in [3.05, 3.63) is 69.8 Å². The number of likely N-dealkylation sites (tertiary alicyclic amines) is 1. The van der Waals surface area contributed by atoms with Gasteiger partial charge in [-0.1, -0.05) is 0 Å². The highest BCUT2D eigenvalue weighted by atomic mass is 32.1. The summed E-state index contributed by atoms with van der Waals surface area (Å²) >= 11 is 4.86. The second-order valence-corrected chi connectivity index (χ2v) is 8.12. The van der Waals surface area contributed by atoms with Crippen LogP contribution in [0.15, 0.2) is 40.8 Å². The van der Waals surface area contributed by atoms with Crippen LogP contribution in [0.1, 0.15) is 42.1 Å². The van der Waals surface area contributed by atoms with Crippen LogP contribution in [0.3, 0.4) is 0 Å². The van der Waals surface area contributed by atoms with Crippen molar-refractivity contribution in [2.75, 3.05) is 6.54 Å². The van der Waals surface area contributed by atoms with Gasteiger partial charge < -0.3 is 9.32 Å². The number of halogens is 3. The fourth-order valence-electron chi connectivity index (χ4n) is 4.07. The first-order chi connectivity index (χ1) is 14.2. The summed E-state index contributed by atoms with van der Waals surface area (Å²) in [4.78, 5) is 15.0. The van der Waals surface area contributed by atoms with Gasteiger partial charge in [-0.3, -0.25) is 4.79 Å². The second-order valence-electron chi connectivity index (χ2n) is 7.75. The van der Waals surface area contributed by atoms with E-state index >= 15 is 0 Å². The molecular weight excluding hydrogens is 415 g/mol. The molecule has 0 spiro atoms. The van der Waals surface area contributed by atoms with Crippen molar-refractivity contribution < 1.29 is 22.4 Å². The fraction of sp³-hybridized carbons (Fsp3) is 0.286. The van der Waals surface area contributed by atoms with Gasteiger partial charge in [-0.25, -0.2) is 18.3 Å². The number of nitrogens with one attached hydrogen (secondary N) is 1. The lowest BCUT2D eigenvalue weighted by atomic mass is 9.82. The monoisotopic (exact) mass is 433 g/mol. The third-order valence-electron chi connectivity index (χ3n) is 5.66. The van der Waals surface area contributed by atoms with Crippen LogP contribution in [-0.2, 0) is 0 Å². The van der Waals surface area contributed by atoms with Crippen molar-refractivity contribution in [3.8, 4) is 11.5 Å². The van der Waals surface area contributed by atoms with Gasteiger partial charge in [0.25, 0.3) is 10.7 Å². The summed E-state index contributed by atoms with van der Waals surface area (Å²) in [5, 5.41) is 6.48. The van der Waals surface area contributed by atoms with E-state index in [9.17, 15) is 18.0 Å². The number of nitrogens with zero attached hydrogens (tertiary/aromatic N) is 2. The molecule has 1 fully saturated rings. The van der Waals surface area contributed by atoms with E-state index in [-0.39, 0.29) is 16.7 Å². The van der Waals surface area contributed by atoms with Gasteiger partial charge in [0.2, 0.25) is 5.89 Å². The summed E-state index contributed by atoms with van der Waals surface area (Å²) in [6.45, 7) is 4.08. The lowest BCUT2D eigenvalue weighted by Crippen LogP contribution is -2.45. The molecule has 1 aromatic heterocycles. The van der Waals surface area contributed by atoms with E-state index in [1.54, 1.807) is 29.2 Å². The fourth-order valence-corrected chi connectivity index (χ4v) is 4.19. The van der Waals surface area contributed by atoms with Crippen LogP contribution < -0.4 is 0 Å². The van der Waals surface area contributed by atoms with Crippen LogP contribution in [-0.4, -0.2) is 33.1 Å². The zero-order valence-electron chi connectivity index (χ0n) is 16.2. The van der Waals surface area contributed by atoms with Crippen LogP contribution in [0, 0.1) is 22.3 Å². The standard InChI is InChI=1S/C21H18F3N3O2S/c1-21(2)14(13-9-15(22)17(24)16(23)10-13)7-8-27(21)19(28)12-5-3-11(4-6-12)18-25-26-20(30)29-18/h3-6,9-10,14H,7-8H2,1-2H3,(H,26,30). The van der Waals surface area contributed by atoms with Crippen molar-refractivity contribution in [1.29, 1.82) is 0 Å². The van der Waals surface area contributed by atoms with Gasteiger partial charge in [0.1, 0.15) is 0 Å². The minimum atomic E-state index is -1.49. The number of aromatic amines is 1. The van der Waals surface area contributed by atoms with Crippen LogP contribution in [0.5, 0.6) is 0 Å². The number of rotatable bonds is 3. The average molecular weight is 433 g/mol. The second kappa shape index (κ2) is 7.39. The number of aromatic nitrogens is 2. The molecule has 0 radical (unpaired) electrons. The van der Waals surface area contributed by atoms with Gasteiger partial charge in [-0.05, 0) is 74.4 Å². The molecule has 2 aromatic carbocycles. The van der Waals surface area contributed by atoms with E-state index in [1.165, 1.54) is 0 Å². The molecule has 1 saturated heterocycles.